The molecule has 1 atom stereocenters. The summed E-state index contributed by atoms with van der Waals surface area (Å²) in [5.74, 6) is 1.45. The predicted molar refractivity (Wildman–Crippen MR) is 74.8 cm³/mol. The van der Waals surface area contributed by atoms with E-state index in [1.165, 1.54) is 5.56 Å². The first kappa shape index (κ1) is 15.0. The van der Waals surface area contributed by atoms with Gasteiger partial charge in [-0.1, -0.05) is 32.9 Å². The van der Waals surface area contributed by atoms with Crippen LogP contribution in [0.3, 0.4) is 0 Å². The number of rotatable bonds is 8. The molecule has 2 N–H and O–H groups in total. The first-order chi connectivity index (χ1) is 8.65. The van der Waals surface area contributed by atoms with Gasteiger partial charge in [0.15, 0.2) is 0 Å². The Kier molecular flexibility index (Phi) is 6.76. The molecule has 0 aliphatic rings. The first-order valence-electron chi connectivity index (χ1n) is 6.71. The third-order valence-electron chi connectivity index (χ3n) is 2.79. The Bertz CT molecular complexity index is 335. The van der Waals surface area contributed by atoms with Crippen molar-refractivity contribution in [2.75, 3.05) is 13.2 Å². The van der Waals surface area contributed by atoms with Crippen molar-refractivity contribution in [3.63, 3.8) is 0 Å². The summed E-state index contributed by atoms with van der Waals surface area (Å²) in [6, 6.07) is 8.28. The lowest BCUT2D eigenvalue weighted by atomic mass is 10.2. The summed E-state index contributed by atoms with van der Waals surface area (Å²) in [4.78, 5) is 0. The van der Waals surface area contributed by atoms with Gasteiger partial charge in [0.05, 0.1) is 13.2 Å². The molecule has 0 heterocycles. The molecule has 0 spiro atoms. The highest BCUT2D eigenvalue weighted by Gasteiger charge is 2.04. The highest BCUT2D eigenvalue weighted by Crippen LogP contribution is 2.14. The second-order valence-electron chi connectivity index (χ2n) is 5.02. The monoisotopic (exact) mass is 251 g/mol. The van der Waals surface area contributed by atoms with Crippen molar-refractivity contribution < 1.29 is 9.84 Å². The van der Waals surface area contributed by atoms with E-state index in [1.807, 2.05) is 12.1 Å². The SMILES string of the molecule is CCC(CO)NCc1cccc(OCC(C)C)c1. The molecule has 0 amide bonds. The van der Waals surface area contributed by atoms with Crippen LogP contribution in [0.4, 0.5) is 0 Å². The summed E-state index contributed by atoms with van der Waals surface area (Å²) >= 11 is 0. The van der Waals surface area contributed by atoms with Gasteiger partial charge in [-0.2, -0.15) is 0 Å². The number of benzene rings is 1. The molecule has 0 radical (unpaired) electrons. The molecule has 3 nitrogen and oxygen atoms in total. The van der Waals surface area contributed by atoms with Crippen molar-refractivity contribution in [1.29, 1.82) is 0 Å². The van der Waals surface area contributed by atoms with Crippen molar-refractivity contribution in [2.24, 2.45) is 5.92 Å². The predicted octanol–water partition coefficient (Wildman–Crippen LogP) is 2.58. The summed E-state index contributed by atoms with van der Waals surface area (Å²) in [5, 5.41) is 12.4. The minimum absolute atomic E-state index is 0.172. The van der Waals surface area contributed by atoms with Gasteiger partial charge in [0, 0.05) is 12.6 Å². The standard InChI is InChI=1S/C15H25NO2/c1-4-14(10-17)16-9-13-6-5-7-15(8-13)18-11-12(2)3/h5-8,12,14,16-17H,4,9-11H2,1-3H3. The summed E-state index contributed by atoms with van der Waals surface area (Å²) in [6.07, 6.45) is 0.931. The van der Waals surface area contributed by atoms with Gasteiger partial charge in [-0.3, -0.25) is 0 Å². The maximum atomic E-state index is 9.12. The second-order valence-corrected chi connectivity index (χ2v) is 5.02. The summed E-state index contributed by atoms with van der Waals surface area (Å²) in [7, 11) is 0. The topological polar surface area (TPSA) is 41.5 Å². The van der Waals surface area contributed by atoms with E-state index in [0.29, 0.717) is 5.92 Å². The van der Waals surface area contributed by atoms with Gasteiger partial charge >= 0.3 is 0 Å². The molecule has 1 aromatic rings. The summed E-state index contributed by atoms with van der Waals surface area (Å²) in [5.41, 5.74) is 1.18. The quantitative estimate of drug-likeness (QED) is 0.746. The van der Waals surface area contributed by atoms with Gasteiger partial charge in [0.1, 0.15) is 5.75 Å². The van der Waals surface area contributed by atoms with Crippen LogP contribution in [0.25, 0.3) is 0 Å². The minimum Gasteiger partial charge on any atom is -0.493 e. The molecule has 0 saturated carbocycles. The Labute approximate surface area is 110 Å². The molecule has 0 fully saturated rings. The summed E-state index contributed by atoms with van der Waals surface area (Å²) in [6.45, 7) is 8.02. The number of hydrogen-bond donors (Lipinski definition) is 2. The smallest absolute Gasteiger partial charge is 0.119 e. The number of ether oxygens (including phenoxy) is 1. The molecule has 0 bridgehead atoms. The minimum atomic E-state index is 0.172. The lowest BCUT2D eigenvalue weighted by Crippen LogP contribution is -2.31. The Hall–Kier alpha value is -1.06. The van der Waals surface area contributed by atoms with Gasteiger partial charge in [-0.15, -0.1) is 0 Å². The first-order valence-corrected chi connectivity index (χ1v) is 6.71. The van der Waals surface area contributed by atoms with E-state index in [9.17, 15) is 0 Å². The van der Waals surface area contributed by atoms with Crippen molar-refractivity contribution in [2.45, 2.75) is 39.8 Å². The van der Waals surface area contributed by atoms with Crippen molar-refractivity contribution in [3.05, 3.63) is 29.8 Å². The molecule has 0 aliphatic heterocycles. The van der Waals surface area contributed by atoms with Crippen LogP contribution >= 0.6 is 0 Å². The Balaban J connectivity index is 2.48. The van der Waals surface area contributed by atoms with E-state index < -0.39 is 0 Å². The summed E-state index contributed by atoms with van der Waals surface area (Å²) < 4.78 is 5.69. The second kappa shape index (κ2) is 8.11. The van der Waals surface area contributed by atoms with Crippen LogP contribution < -0.4 is 10.1 Å². The molecule has 0 saturated heterocycles. The Morgan fingerprint density at radius 2 is 2.11 bits per heavy atom. The van der Waals surface area contributed by atoms with Crippen LogP contribution in [0.15, 0.2) is 24.3 Å². The zero-order valence-electron chi connectivity index (χ0n) is 11.6. The fourth-order valence-corrected chi connectivity index (χ4v) is 1.61. The molecule has 0 aliphatic carbocycles. The molecule has 1 unspecified atom stereocenters. The molecule has 18 heavy (non-hydrogen) atoms. The zero-order chi connectivity index (χ0) is 13.4. The van der Waals surface area contributed by atoms with E-state index in [4.69, 9.17) is 9.84 Å². The molecule has 1 aromatic carbocycles. The molecule has 1 rings (SSSR count). The average Bonchev–Trinajstić information content (AvgIpc) is 2.38. The molecule has 0 aromatic heterocycles. The van der Waals surface area contributed by atoms with Crippen LogP contribution in [-0.2, 0) is 6.54 Å². The fourth-order valence-electron chi connectivity index (χ4n) is 1.61. The van der Waals surface area contributed by atoms with Gasteiger partial charge in [-0.05, 0) is 30.0 Å². The van der Waals surface area contributed by atoms with Gasteiger partial charge in [0.25, 0.3) is 0 Å². The van der Waals surface area contributed by atoms with E-state index >= 15 is 0 Å². The maximum absolute atomic E-state index is 9.12. The molecular formula is C15H25NO2. The molecular weight excluding hydrogens is 226 g/mol. The van der Waals surface area contributed by atoms with Crippen molar-refractivity contribution >= 4 is 0 Å². The number of hydrogen-bond acceptors (Lipinski definition) is 3. The van der Waals surface area contributed by atoms with E-state index in [-0.39, 0.29) is 12.6 Å². The fraction of sp³-hybridized carbons (Fsp3) is 0.600. The average molecular weight is 251 g/mol. The van der Waals surface area contributed by atoms with Crippen molar-refractivity contribution in [1.82, 2.24) is 5.32 Å². The van der Waals surface area contributed by atoms with E-state index in [1.54, 1.807) is 0 Å². The Morgan fingerprint density at radius 3 is 2.72 bits per heavy atom. The van der Waals surface area contributed by atoms with Gasteiger partial charge < -0.3 is 15.2 Å². The molecule has 102 valence electrons. The van der Waals surface area contributed by atoms with Gasteiger partial charge in [-0.25, -0.2) is 0 Å². The zero-order valence-corrected chi connectivity index (χ0v) is 11.6. The van der Waals surface area contributed by atoms with Crippen LogP contribution in [0.2, 0.25) is 0 Å². The third-order valence-corrected chi connectivity index (χ3v) is 2.79. The van der Waals surface area contributed by atoms with E-state index in [0.717, 1.165) is 25.3 Å². The van der Waals surface area contributed by atoms with Crippen molar-refractivity contribution in [3.8, 4) is 5.75 Å². The third kappa shape index (κ3) is 5.52. The largest absolute Gasteiger partial charge is 0.493 e. The Morgan fingerprint density at radius 1 is 1.33 bits per heavy atom. The lowest BCUT2D eigenvalue weighted by molar-refractivity contribution is 0.238. The van der Waals surface area contributed by atoms with Gasteiger partial charge in [0.2, 0.25) is 0 Å². The highest BCUT2D eigenvalue weighted by atomic mass is 16.5. The number of aliphatic hydroxyl groups excluding tert-OH is 1. The van der Waals surface area contributed by atoms with Crippen LogP contribution in [0.5, 0.6) is 5.75 Å². The van der Waals surface area contributed by atoms with Crippen LogP contribution in [-0.4, -0.2) is 24.4 Å². The highest BCUT2D eigenvalue weighted by molar-refractivity contribution is 5.28. The number of aliphatic hydroxyl groups is 1. The number of nitrogens with one attached hydrogen (secondary N) is 1. The normalized spacial score (nSPS) is 12.7. The van der Waals surface area contributed by atoms with Crippen LogP contribution in [0, 0.1) is 5.92 Å². The molecule has 3 heteroatoms. The van der Waals surface area contributed by atoms with E-state index in [2.05, 4.69) is 38.2 Å². The lowest BCUT2D eigenvalue weighted by Gasteiger charge is -2.14. The maximum Gasteiger partial charge on any atom is 0.119 e. The van der Waals surface area contributed by atoms with Crippen LogP contribution in [0.1, 0.15) is 32.8 Å².